The molecule has 0 saturated heterocycles. The lowest BCUT2D eigenvalue weighted by molar-refractivity contribution is 0.332. The number of methoxy groups -OCH3 is 1. The normalized spacial score (nSPS) is 11.7. The molecule has 1 aromatic rings. The molecule has 1 rings (SSSR count). The van der Waals surface area contributed by atoms with E-state index in [1.165, 1.54) is 13.2 Å². The van der Waals surface area contributed by atoms with Crippen molar-refractivity contribution in [3.8, 4) is 5.75 Å². The van der Waals surface area contributed by atoms with Crippen LogP contribution >= 0.6 is 0 Å². The van der Waals surface area contributed by atoms with Crippen molar-refractivity contribution in [3.63, 3.8) is 0 Å². The first kappa shape index (κ1) is 11.4. The molecule has 15 heavy (non-hydrogen) atoms. The van der Waals surface area contributed by atoms with E-state index < -0.39 is 6.30 Å². The van der Waals surface area contributed by atoms with E-state index in [0.717, 1.165) is 12.0 Å². The Balaban J connectivity index is 3.21. The van der Waals surface area contributed by atoms with Crippen LogP contribution in [0.3, 0.4) is 0 Å². The number of hydrogen-bond donors (Lipinski definition) is 0. The van der Waals surface area contributed by atoms with E-state index in [0.29, 0.717) is 5.75 Å². The first-order valence-electron chi connectivity index (χ1n) is 4.61. The third-order valence-corrected chi connectivity index (χ3v) is 2.13. The van der Waals surface area contributed by atoms with Crippen LogP contribution in [0.15, 0.2) is 23.2 Å². The maximum absolute atomic E-state index is 13.4. The van der Waals surface area contributed by atoms with Crippen LogP contribution in [0.2, 0.25) is 0 Å². The van der Waals surface area contributed by atoms with E-state index in [1.54, 1.807) is 12.1 Å². The Bertz CT molecular complexity index is 386. The zero-order chi connectivity index (χ0) is 11.3. The van der Waals surface area contributed by atoms with Gasteiger partial charge in [0, 0.05) is 0 Å². The van der Waals surface area contributed by atoms with Gasteiger partial charge in [0.1, 0.15) is 5.75 Å². The van der Waals surface area contributed by atoms with Crippen molar-refractivity contribution < 1.29 is 13.9 Å². The van der Waals surface area contributed by atoms with Crippen molar-refractivity contribution in [1.82, 2.24) is 0 Å². The number of hydrogen-bond acceptors (Lipinski definition) is 3. The summed E-state index contributed by atoms with van der Waals surface area (Å²) in [6.07, 6.45) is 0.225. The minimum Gasteiger partial charge on any atom is -0.496 e. The number of aliphatic imine (C=N–C) groups is 1. The van der Waals surface area contributed by atoms with E-state index in [4.69, 9.17) is 4.74 Å². The van der Waals surface area contributed by atoms with Crippen molar-refractivity contribution in [3.05, 3.63) is 29.3 Å². The van der Waals surface area contributed by atoms with Gasteiger partial charge in [0.2, 0.25) is 12.4 Å². The van der Waals surface area contributed by atoms with E-state index in [-0.39, 0.29) is 5.56 Å². The molecule has 80 valence electrons. The minimum absolute atomic E-state index is 0.264. The third-order valence-electron chi connectivity index (χ3n) is 2.13. The summed E-state index contributed by atoms with van der Waals surface area (Å²) in [6.45, 7) is 1.94. The van der Waals surface area contributed by atoms with Gasteiger partial charge in [-0.3, -0.25) is 0 Å². The summed E-state index contributed by atoms with van der Waals surface area (Å²) in [7, 11) is 1.47. The molecule has 0 amide bonds. The second-order valence-corrected chi connectivity index (χ2v) is 2.95. The quantitative estimate of drug-likeness (QED) is 0.434. The first-order chi connectivity index (χ1) is 7.24. The lowest BCUT2D eigenvalue weighted by Crippen LogP contribution is -1.98. The van der Waals surface area contributed by atoms with E-state index >= 15 is 0 Å². The van der Waals surface area contributed by atoms with Crippen LogP contribution < -0.4 is 4.74 Å². The number of carbonyl (C=O) groups excluding carboxylic acids is 1. The van der Waals surface area contributed by atoms with Crippen molar-refractivity contribution >= 4 is 6.08 Å². The zero-order valence-electron chi connectivity index (χ0n) is 8.66. The van der Waals surface area contributed by atoms with Crippen LogP contribution in [0.4, 0.5) is 4.39 Å². The molecule has 0 aliphatic rings. The number of para-hydroxylation sites is 1. The molecule has 0 fully saturated rings. The average molecular weight is 209 g/mol. The van der Waals surface area contributed by atoms with Crippen LogP contribution in [0.1, 0.15) is 24.3 Å². The predicted octanol–water partition coefficient (Wildman–Crippen LogP) is 2.56. The van der Waals surface area contributed by atoms with Crippen molar-refractivity contribution in [2.45, 2.75) is 19.6 Å². The van der Waals surface area contributed by atoms with E-state index in [2.05, 4.69) is 4.99 Å². The molecule has 0 saturated carbocycles. The first-order valence-corrected chi connectivity index (χ1v) is 4.61. The molecule has 1 atom stereocenters. The molecule has 0 bridgehead atoms. The Morgan fingerprint density at radius 2 is 2.33 bits per heavy atom. The standard InChI is InChI=1S/C11H12FNO2/c1-3-8-5-4-6-9(10(8)15-2)11(12)13-7-14/h4-6,11H,3H2,1-2H3. The lowest BCUT2D eigenvalue weighted by Gasteiger charge is -2.12. The van der Waals surface area contributed by atoms with Crippen LogP contribution in [0.5, 0.6) is 5.75 Å². The van der Waals surface area contributed by atoms with Gasteiger partial charge in [-0.05, 0) is 12.0 Å². The molecule has 3 nitrogen and oxygen atoms in total. The van der Waals surface area contributed by atoms with Gasteiger partial charge in [-0.25, -0.2) is 9.18 Å². The highest BCUT2D eigenvalue weighted by atomic mass is 19.1. The van der Waals surface area contributed by atoms with E-state index in [1.807, 2.05) is 13.0 Å². The van der Waals surface area contributed by atoms with Gasteiger partial charge in [0.25, 0.3) is 0 Å². The maximum atomic E-state index is 13.4. The Hall–Kier alpha value is -1.67. The molecule has 1 unspecified atom stereocenters. The van der Waals surface area contributed by atoms with Crippen LogP contribution in [-0.2, 0) is 11.2 Å². The summed E-state index contributed by atoms with van der Waals surface area (Å²) in [5.41, 5.74) is 1.15. The minimum atomic E-state index is -1.70. The molecule has 4 heteroatoms. The Morgan fingerprint density at radius 1 is 1.60 bits per heavy atom. The van der Waals surface area contributed by atoms with Crippen molar-refractivity contribution in [2.24, 2.45) is 4.99 Å². The number of benzene rings is 1. The number of isocyanates is 1. The molecule has 0 aliphatic heterocycles. The number of halogens is 1. The highest BCUT2D eigenvalue weighted by Crippen LogP contribution is 2.31. The zero-order valence-corrected chi connectivity index (χ0v) is 8.66. The number of alkyl halides is 1. The molecule has 0 N–H and O–H groups in total. The van der Waals surface area contributed by atoms with Crippen LogP contribution in [0, 0.1) is 0 Å². The van der Waals surface area contributed by atoms with Gasteiger partial charge in [-0.1, -0.05) is 25.1 Å². The molecule has 1 aromatic carbocycles. The second kappa shape index (κ2) is 5.27. The van der Waals surface area contributed by atoms with E-state index in [9.17, 15) is 9.18 Å². The summed E-state index contributed by atoms with van der Waals surface area (Å²) in [4.78, 5) is 13.0. The molecule has 0 radical (unpaired) electrons. The Morgan fingerprint density at radius 3 is 2.87 bits per heavy atom. The largest absolute Gasteiger partial charge is 0.496 e. The van der Waals surface area contributed by atoms with Gasteiger partial charge in [0.15, 0.2) is 0 Å². The van der Waals surface area contributed by atoms with Gasteiger partial charge >= 0.3 is 0 Å². The summed E-state index contributed by atoms with van der Waals surface area (Å²) in [5.74, 6) is 0.450. The van der Waals surface area contributed by atoms with Gasteiger partial charge < -0.3 is 4.74 Å². The number of nitrogens with zero attached hydrogens (tertiary/aromatic N) is 1. The Kier molecular flexibility index (Phi) is 4.01. The third kappa shape index (κ3) is 2.42. The second-order valence-electron chi connectivity index (χ2n) is 2.95. The summed E-state index contributed by atoms with van der Waals surface area (Å²) >= 11 is 0. The molecular formula is C11H12FNO2. The van der Waals surface area contributed by atoms with Gasteiger partial charge in [0.05, 0.1) is 12.7 Å². The monoisotopic (exact) mass is 209 g/mol. The fourth-order valence-electron chi connectivity index (χ4n) is 1.44. The van der Waals surface area contributed by atoms with Crippen molar-refractivity contribution in [1.29, 1.82) is 0 Å². The highest BCUT2D eigenvalue weighted by Gasteiger charge is 2.15. The topological polar surface area (TPSA) is 38.7 Å². The van der Waals surface area contributed by atoms with Crippen molar-refractivity contribution in [2.75, 3.05) is 7.11 Å². The molecular weight excluding hydrogens is 197 g/mol. The summed E-state index contributed by atoms with van der Waals surface area (Å²) in [5, 5.41) is 0. The van der Waals surface area contributed by atoms with Gasteiger partial charge in [-0.15, -0.1) is 0 Å². The summed E-state index contributed by atoms with van der Waals surface area (Å²) < 4.78 is 18.5. The lowest BCUT2D eigenvalue weighted by atomic mass is 10.1. The molecule has 0 spiro atoms. The summed E-state index contributed by atoms with van der Waals surface area (Å²) in [6, 6.07) is 5.10. The SMILES string of the molecule is CCc1cccc(C(F)N=C=O)c1OC. The number of rotatable bonds is 4. The highest BCUT2D eigenvalue weighted by molar-refractivity contribution is 5.44. The number of aryl methyl sites for hydroxylation is 1. The molecule has 0 heterocycles. The maximum Gasteiger partial charge on any atom is 0.238 e. The fourth-order valence-corrected chi connectivity index (χ4v) is 1.44. The fraction of sp³-hybridized carbons (Fsp3) is 0.364. The Labute approximate surface area is 87.6 Å². The molecule has 0 aromatic heterocycles. The average Bonchev–Trinajstić information content (AvgIpc) is 2.28. The van der Waals surface area contributed by atoms with Crippen LogP contribution in [-0.4, -0.2) is 13.2 Å². The molecule has 0 aliphatic carbocycles. The van der Waals surface area contributed by atoms with Gasteiger partial charge in [-0.2, -0.15) is 4.99 Å². The smallest absolute Gasteiger partial charge is 0.238 e. The van der Waals surface area contributed by atoms with Crippen LogP contribution in [0.25, 0.3) is 0 Å². The predicted molar refractivity (Wildman–Crippen MR) is 54.3 cm³/mol. The number of ether oxygens (including phenoxy) is 1.